The number of aromatic carboxylic acids is 1. The molecule has 0 bridgehead atoms. The van der Waals surface area contributed by atoms with Crippen LogP contribution in [0.4, 0.5) is 9.80 Å². The number of carboxylic acids is 1. The highest BCUT2D eigenvalue weighted by atomic mass is 32.1. The van der Waals surface area contributed by atoms with Crippen molar-refractivity contribution < 1.29 is 19.5 Å². The van der Waals surface area contributed by atoms with Gasteiger partial charge in [-0.1, -0.05) is 47.6 Å². The predicted octanol–water partition coefficient (Wildman–Crippen LogP) is 2.17. The first-order chi connectivity index (χ1) is 13.8. The molecule has 1 aliphatic rings. The number of carbonyl (C=O) groups is 3. The molecule has 1 aromatic heterocycles. The van der Waals surface area contributed by atoms with Crippen LogP contribution in [0, 0.1) is 12.8 Å². The minimum Gasteiger partial charge on any atom is -0.476 e. The maximum atomic E-state index is 11.1. The van der Waals surface area contributed by atoms with E-state index in [-0.39, 0.29) is 22.5 Å². The average Bonchev–Trinajstić information content (AvgIpc) is 2.88. The van der Waals surface area contributed by atoms with E-state index in [2.05, 4.69) is 15.6 Å². The zero-order chi connectivity index (χ0) is 21.4. The number of nitrogens with one attached hydrogen (secondary N) is 2. The summed E-state index contributed by atoms with van der Waals surface area (Å²) in [7, 11) is 0. The van der Waals surface area contributed by atoms with Crippen molar-refractivity contribution in [1.82, 2.24) is 10.3 Å². The Morgan fingerprint density at radius 1 is 1.21 bits per heavy atom. The number of aromatic nitrogens is 1. The number of carboxylic acid groups (broad SMARTS) is 1. The van der Waals surface area contributed by atoms with Gasteiger partial charge in [0.1, 0.15) is 10.0 Å². The molecule has 2 aromatic rings. The van der Waals surface area contributed by atoms with Crippen molar-refractivity contribution in [2.45, 2.75) is 26.2 Å². The molecule has 29 heavy (non-hydrogen) atoms. The molecule has 0 radical (unpaired) electrons. The number of anilines is 1. The summed E-state index contributed by atoms with van der Waals surface area (Å²) in [5.41, 5.74) is 11.8. The van der Waals surface area contributed by atoms with Crippen LogP contribution in [0.3, 0.4) is 0 Å². The second-order valence-electron chi connectivity index (χ2n) is 6.66. The van der Waals surface area contributed by atoms with Crippen molar-refractivity contribution in [2.24, 2.45) is 17.4 Å². The van der Waals surface area contributed by atoms with Crippen molar-refractivity contribution in [3.8, 4) is 10.6 Å². The fraction of sp³-hybridized carbons (Fsp3) is 0.368. The van der Waals surface area contributed by atoms with E-state index in [9.17, 15) is 14.4 Å². The summed E-state index contributed by atoms with van der Waals surface area (Å²) in [6, 6.07) is 6.67. The maximum Gasteiger partial charge on any atom is 0.357 e. The standard InChI is InChI=1S/C12H11N3O3S.C7H14N2O/c1-6-2-4-7(5-3-6)9-14-8(11(16)17)10(19-9)15-12(13)18;8-7(10)6-3-1-2-4-9-5-6/h2-5H,1H3,(H,16,17)(H3,13,15,18);6,9H,1-5H2,(H2,8,10)/t;6-/m.0/s1. The second kappa shape index (κ2) is 10.5. The molecule has 9 nitrogen and oxygen atoms in total. The van der Waals surface area contributed by atoms with Gasteiger partial charge in [0.05, 0.1) is 5.92 Å². The van der Waals surface area contributed by atoms with E-state index in [1.54, 1.807) is 0 Å². The Balaban J connectivity index is 0.000000253. The van der Waals surface area contributed by atoms with Crippen molar-refractivity contribution in [3.05, 3.63) is 35.5 Å². The highest BCUT2D eigenvalue weighted by molar-refractivity contribution is 7.19. The van der Waals surface area contributed by atoms with Crippen LogP contribution < -0.4 is 22.1 Å². The van der Waals surface area contributed by atoms with E-state index in [4.69, 9.17) is 16.6 Å². The molecule has 0 unspecified atom stereocenters. The number of thiazole rings is 1. The van der Waals surface area contributed by atoms with Gasteiger partial charge in [-0.15, -0.1) is 0 Å². The topological polar surface area (TPSA) is 160 Å². The minimum absolute atomic E-state index is 0.0718. The highest BCUT2D eigenvalue weighted by Gasteiger charge is 2.19. The van der Waals surface area contributed by atoms with Gasteiger partial charge in [-0.25, -0.2) is 14.6 Å². The summed E-state index contributed by atoms with van der Waals surface area (Å²) in [6.45, 7) is 3.76. The number of amides is 3. The number of hydrogen-bond acceptors (Lipinski definition) is 6. The van der Waals surface area contributed by atoms with Gasteiger partial charge in [0.25, 0.3) is 0 Å². The number of nitrogens with two attached hydrogens (primary N) is 2. The molecule has 0 saturated carbocycles. The summed E-state index contributed by atoms with van der Waals surface area (Å²) in [5, 5.41) is 15.1. The molecule has 7 N–H and O–H groups in total. The fourth-order valence-corrected chi connectivity index (χ4v) is 3.71. The Hall–Kier alpha value is -2.98. The third-order valence-corrected chi connectivity index (χ3v) is 5.33. The normalized spacial score (nSPS) is 16.1. The van der Waals surface area contributed by atoms with Crippen LogP contribution in [0.2, 0.25) is 0 Å². The van der Waals surface area contributed by atoms with E-state index in [1.165, 1.54) is 6.42 Å². The van der Waals surface area contributed by atoms with Gasteiger partial charge in [-0.3, -0.25) is 10.1 Å². The summed E-state index contributed by atoms with van der Waals surface area (Å²) in [5.74, 6) is -1.30. The number of primary amides is 2. The lowest BCUT2D eigenvalue weighted by Gasteiger charge is -2.07. The Morgan fingerprint density at radius 2 is 1.90 bits per heavy atom. The third-order valence-electron chi connectivity index (χ3n) is 4.31. The van der Waals surface area contributed by atoms with Gasteiger partial charge < -0.3 is 21.9 Å². The van der Waals surface area contributed by atoms with Crippen molar-refractivity contribution in [3.63, 3.8) is 0 Å². The molecule has 10 heteroatoms. The van der Waals surface area contributed by atoms with Gasteiger partial charge in [-0.05, 0) is 26.3 Å². The summed E-state index contributed by atoms with van der Waals surface area (Å²) in [6.07, 6.45) is 3.26. The van der Waals surface area contributed by atoms with E-state index in [0.29, 0.717) is 5.01 Å². The summed E-state index contributed by atoms with van der Waals surface area (Å²) in [4.78, 5) is 36.6. The number of carbonyl (C=O) groups excluding carboxylic acids is 2. The molecule has 2 heterocycles. The highest BCUT2D eigenvalue weighted by Crippen LogP contribution is 2.32. The Bertz CT molecular complexity index is 858. The van der Waals surface area contributed by atoms with E-state index in [1.807, 2.05) is 31.2 Å². The average molecular weight is 420 g/mol. The zero-order valence-corrected chi connectivity index (χ0v) is 16.9. The van der Waals surface area contributed by atoms with Crippen LogP contribution in [0.25, 0.3) is 10.6 Å². The molecule has 1 fully saturated rings. The number of urea groups is 1. The van der Waals surface area contributed by atoms with Crippen molar-refractivity contribution in [1.29, 1.82) is 0 Å². The maximum absolute atomic E-state index is 11.1. The van der Waals surface area contributed by atoms with E-state index < -0.39 is 12.0 Å². The third kappa shape index (κ3) is 6.84. The van der Waals surface area contributed by atoms with Crippen LogP contribution in [-0.4, -0.2) is 41.1 Å². The molecule has 1 aliphatic heterocycles. The predicted molar refractivity (Wildman–Crippen MR) is 112 cm³/mol. The molecule has 1 atom stereocenters. The Kier molecular flexibility index (Phi) is 8.10. The molecule has 3 rings (SSSR count). The van der Waals surface area contributed by atoms with Gasteiger partial charge in [0, 0.05) is 12.1 Å². The lowest BCUT2D eigenvalue weighted by atomic mass is 10.0. The first kappa shape index (κ1) is 22.3. The molecule has 1 saturated heterocycles. The number of aryl methyl sites for hydroxylation is 1. The second-order valence-corrected chi connectivity index (χ2v) is 7.66. The summed E-state index contributed by atoms with van der Waals surface area (Å²) < 4.78 is 0. The molecule has 156 valence electrons. The fourth-order valence-electron chi connectivity index (χ4n) is 2.74. The van der Waals surface area contributed by atoms with Gasteiger partial charge in [0.2, 0.25) is 5.91 Å². The first-order valence-electron chi connectivity index (χ1n) is 9.15. The lowest BCUT2D eigenvalue weighted by Crippen LogP contribution is -2.31. The van der Waals surface area contributed by atoms with Crippen LogP contribution in [0.15, 0.2) is 24.3 Å². The Labute approximate surface area is 172 Å². The van der Waals surface area contributed by atoms with Crippen LogP contribution in [-0.2, 0) is 4.79 Å². The quantitative estimate of drug-likeness (QED) is 0.510. The SMILES string of the molecule is Cc1ccc(-c2nc(C(=O)O)c(NC(N)=O)s2)cc1.NC(=O)[C@H]1CCCCNC1. The molecular weight excluding hydrogens is 394 g/mol. The van der Waals surface area contributed by atoms with Crippen LogP contribution in [0.5, 0.6) is 0 Å². The molecule has 1 aromatic carbocycles. The van der Waals surface area contributed by atoms with Crippen molar-refractivity contribution >= 4 is 34.2 Å². The van der Waals surface area contributed by atoms with Crippen molar-refractivity contribution in [2.75, 3.05) is 18.4 Å². The van der Waals surface area contributed by atoms with Gasteiger partial charge >= 0.3 is 12.0 Å². The van der Waals surface area contributed by atoms with Gasteiger partial charge in [-0.2, -0.15) is 0 Å². The molecule has 0 spiro atoms. The smallest absolute Gasteiger partial charge is 0.357 e. The number of nitrogens with zero attached hydrogens (tertiary/aromatic N) is 1. The number of hydrogen-bond donors (Lipinski definition) is 5. The first-order valence-corrected chi connectivity index (χ1v) is 9.97. The molecule has 3 amide bonds. The molecular formula is C19H25N5O4S. The van der Waals surface area contributed by atoms with Gasteiger partial charge in [0.15, 0.2) is 5.69 Å². The Morgan fingerprint density at radius 3 is 2.48 bits per heavy atom. The largest absolute Gasteiger partial charge is 0.476 e. The monoisotopic (exact) mass is 419 g/mol. The number of rotatable bonds is 4. The van der Waals surface area contributed by atoms with E-state index in [0.717, 1.165) is 48.4 Å². The lowest BCUT2D eigenvalue weighted by molar-refractivity contribution is -0.121. The van der Waals surface area contributed by atoms with Crippen LogP contribution >= 0.6 is 11.3 Å². The molecule has 0 aliphatic carbocycles. The summed E-state index contributed by atoms with van der Waals surface area (Å²) >= 11 is 1.07. The van der Waals surface area contributed by atoms with E-state index >= 15 is 0 Å². The zero-order valence-electron chi connectivity index (χ0n) is 16.1. The minimum atomic E-state index is -1.21. The number of benzene rings is 1. The van der Waals surface area contributed by atoms with Crippen LogP contribution in [0.1, 0.15) is 35.3 Å².